The third-order valence-corrected chi connectivity index (χ3v) is 3.74. The predicted octanol–water partition coefficient (Wildman–Crippen LogP) is 3.42. The van der Waals surface area contributed by atoms with Gasteiger partial charge in [-0.25, -0.2) is 0 Å². The van der Waals surface area contributed by atoms with E-state index in [2.05, 4.69) is 0 Å². The number of rotatable bonds is 2. The monoisotopic (exact) mass is 254 g/mol. The fraction of sp³-hybridized carbons (Fsp3) is 0.250. The van der Waals surface area contributed by atoms with Crippen LogP contribution in [0.1, 0.15) is 24.3 Å². The van der Waals surface area contributed by atoms with E-state index in [1.54, 1.807) is 11.3 Å². The van der Waals surface area contributed by atoms with Gasteiger partial charge in [0.25, 0.3) is 0 Å². The average Bonchev–Trinajstić information content (AvgIpc) is 2.88. The van der Waals surface area contributed by atoms with Crippen molar-refractivity contribution in [2.45, 2.75) is 20.5 Å². The molecule has 2 aromatic rings. The van der Waals surface area contributed by atoms with Gasteiger partial charge in [0.15, 0.2) is 6.29 Å². The molecule has 0 spiro atoms. The summed E-state index contributed by atoms with van der Waals surface area (Å²) in [7, 11) is 0. The molecule has 0 aliphatic carbocycles. The summed E-state index contributed by atoms with van der Waals surface area (Å²) in [6, 6.07) is 7.72. The van der Waals surface area contributed by atoms with Gasteiger partial charge in [-0.05, 0) is 38.1 Å². The standard InChI is InChI=1S/C6H8OS.C6H6OS/c2*1-5-2-3-6(4-7)8-5/h2-3,7H,4H2,1H3;2-4H,1H3. The van der Waals surface area contributed by atoms with Gasteiger partial charge in [-0.1, -0.05) is 0 Å². The minimum absolute atomic E-state index is 0.179. The normalized spacial score (nSPS) is 9.44. The van der Waals surface area contributed by atoms with Crippen molar-refractivity contribution in [2.75, 3.05) is 0 Å². The second-order valence-electron chi connectivity index (χ2n) is 3.24. The van der Waals surface area contributed by atoms with Crippen LogP contribution in [-0.4, -0.2) is 11.4 Å². The van der Waals surface area contributed by atoms with Crippen molar-refractivity contribution < 1.29 is 9.90 Å². The first-order chi connectivity index (χ1) is 7.65. The molecule has 86 valence electrons. The zero-order valence-electron chi connectivity index (χ0n) is 9.27. The van der Waals surface area contributed by atoms with Crippen LogP contribution < -0.4 is 0 Å². The molecule has 0 aliphatic rings. The number of carbonyl (C=O) groups is 1. The molecule has 0 amide bonds. The Balaban J connectivity index is 0.000000160. The van der Waals surface area contributed by atoms with Crippen LogP contribution in [0.5, 0.6) is 0 Å². The lowest BCUT2D eigenvalue weighted by Gasteiger charge is -1.80. The number of hydrogen-bond donors (Lipinski definition) is 1. The third kappa shape index (κ3) is 4.26. The summed E-state index contributed by atoms with van der Waals surface area (Å²) < 4.78 is 0. The molecule has 0 aromatic carbocycles. The zero-order valence-corrected chi connectivity index (χ0v) is 10.9. The summed E-state index contributed by atoms with van der Waals surface area (Å²) in [6.45, 7) is 4.19. The lowest BCUT2D eigenvalue weighted by atomic mass is 10.4. The van der Waals surface area contributed by atoms with Crippen LogP contribution in [0.3, 0.4) is 0 Å². The van der Waals surface area contributed by atoms with E-state index in [9.17, 15) is 4.79 Å². The highest BCUT2D eigenvalue weighted by Gasteiger charge is 1.91. The summed E-state index contributed by atoms with van der Waals surface area (Å²) in [6.07, 6.45) is 0.873. The van der Waals surface area contributed by atoms with Crippen molar-refractivity contribution in [3.8, 4) is 0 Å². The van der Waals surface area contributed by atoms with E-state index in [1.807, 2.05) is 38.1 Å². The van der Waals surface area contributed by atoms with Crippen molar-refractivity contribution in [2.24, 2.45) is 0 Å². The van der Waals surface area contributed by atoms with Crippen LogP contribution in [-0.2, 0) is 6.61 Å². The Bertz CT molecular complexity index is 443. The van der Waals surface area contributed by atoms with Crippen LogP contribution in [0.4, 0.5) is 0 Å². The Hall–Kier alpha value is -0.970. The second-order valence-corrected chi connectivity index (χ2v) is 5.93. The molecular weight excluding hydrogens is 240 g/mol. The molecule has 0 saturated carbocycles. The van der Waals surface area contributed by atoms with E-state index in [0.717, 1.165) is 16.0 Å². The Morgan fingerprint density at radius 1 is 1.12 bits per heavy atom. The zero-order chi connectivity index (χ0) is 12.0. The highest BCUT2D eigenvalue weighted by molar-refractivity contribution is 7.13. The minimum atomic E-state index is 0.179. The lowest BCUT2D eigenvalue weighted by Crippen LogP contribution is -1.69. The van der Waals surface area contributed by atoms with E-state index < -0.39 is 0 Å². The summed E-state index contributed by atoms with van der Waals surface area (Å²) in [5, 5.41) is 8.56. The molecule has 0 bridgehead atoms. The van der Waals surface area contributed by atoms with Crippen molar-refractivity contribution in [3.05, 3.63) is 43.8 Å². The fourth-order valence-electron chi connectivity index (χ4n) is 1.09. The van der Waals surface area contributed by atoms with Crippen LogP contribution in [0, 0.1) is 13.8 Å². The molecule has 2 heterocycles. The number of carbonyl (C=O) groups excluding carboxylic acids is 1. The van der Waals surface area contributed by atoms with Crippen molar-refractivity contribution in [3.63, 3.8) is 0 Å². The number of aryl methyl sites for hydroxylation is 2. The van der Waals surface area contributed by atoms with E-state index in [0.29, 0.717) is 0 Å². The van der Waals surface area contributed by atoms with Crippen molar-refractivity contribution in [1.82, 2.24) is 0 Å². The topological polar surface area (TPSA) is 37.3 Å². The lowest BCUT2D eigenvalue weighted by molar-refractivity contribution is 0.112. The van der Waals surface area contributed by atoms with Crippen LogP contribution in [0.2, 0.25) is 0 Å². The quantitative estimate of drug-likeness (QED) is 0.834. The molecule has 16 heavy (non-hydrogen) atoms. The second kappa shape index (κ2) is 6.58. The van der Waals surface area contributed by atoms with Gasteiger partial charge in [0.05, 0.1) is 11.5 Å². The van der Waals surface area contributed by atoms with Gasteiger partial charge in [0.2, 0.25) is 0 Å². The van der Waals surface area contributed by atoms with Crippen LogP contribution in [0.15, 0.2) is 24.3 Å². The summed E-state index contributed by atoms with van der Waals surface area (Å²) >= 11 is 3.16. The molecule has 0 radical (unpaired) electrons. The number of hydrogen-bond acceptors (Lipinski definition) is 4. The highest BCUT2D eigenvalue weighted by atomic mass is 32.1. The summed E-state index contributed by atoms with van der Waals surface area (Å²) in [5.74, 6) is 0. The first-order valence-corrected chi connectivity index (χ1v) is 6.47. The molecular formula is C12H14O2S2. The summed E-state index contributed by atoms with van der Waals surface area (Å²) in [4.78, 5) is 14.3. The first kappa shape index (κ1) is 13.1. The van der Waals surface area contributed by atoms with Crippen molar-refractivity contribution >= 4 is 29.0 Å². The molecule has 4 heteroatoms. The molecule has 0 fully saturated rings. The largest absolute Gasteiger partial charge is 0.391 e. The Morgan fingerprint density at radius 3 is 2.00 bits per heavy atom. The first-order valence-electron chi connectivity index (χ1n) is 4.83. The predicted molar refractivity (Wildman–Crippen MR) is 69.4 cm³/mol. The SMILES string of the molecule is Cc1ccc(C=O)s1.Cc1ccc(CO)s1. The number of aliphatic hydroxyl groups is 1. The van der Waals surface area contributed by atoms with Gasteiger partial charge in [-0.15, -0.1) is 22.7 Å². The van der Waals surface area contributed by atoms with Gasteiger partial charge in [-0.3, -0.25) is 4.79 Å². The Kier molecular flexibility index (Phi) is 5.38. The number of thiophene rings is 2. The van der Waals surface area contributed by atoms with E-state index in [-0.39, 0.29) is 6.61 Å². The van der Waals surface area contributed by atoms with E-state index >= 15 is 0 Å². The van der Waals surface area contributed by atoms with Crippen molar-refractivity contribution in [1.29, 1.82) is 0 Å². The maximum atomic E-state index is 10.0. The molecule has 0 saturated heterocycles. The van der Waals surface area contributed by atoms with Crippen LogP contribution in [0.25, 0.3) is 0 Å². The summed E-state index contributed by atoms with van der Waals surface area (Å²) in [5.41, 5.74) is 0. The van der Waals surface area contributed by atoms with Gasteiger partial charge in [0.1, 0.15) is 0 Å². The molecule has 0 aliphatic heterocycles. The third-order valence-electron chi connectivity index (χ3n) is 1.83. The smallest absolute Gasteiger partial charge is 0.160 e. The van der Waals surface area contributed by atoms with E-state index in [4.69, 9.17) is 5.11 Å². The number of aliphatic hydroxyl groups excluding tert-OH is 1. The minimum Gasteiger partial charge on any atom is -0.391 e. The molecule has 2 aromatic heterocycles. The molecule has 0 atom stereocenters. The Labute approximate surface area is 103 Å². The van der Waals surface area contributed by atoms with Gasteiger partial charge in [-0.2, -0.15) is 0 Å². The average molecular weight is 254 g/mol. The number of aldehydes is 1. The van der Waals surface area contributed by atoms with Gasteiger partial charge >= 0.3 is 0 Å². The van der Waals surface area contributed by atoms with E-state index in [1.165, 1.54) is 21.1 Å². The molecule has 0 unspecified atom stereocenters. The fourth-order valence-corrected chi connectivity index (χ4v) is 2.53. The molecule has 2 rings (SSSR count). The molecule has 2 nitrogen and oxygen atoms in total. The van der Waals surface area contributed by atoms with Gasteiger partial charge < -0.3 is 5.11 Å². The molecule has 1 N–H and O–H groups in total. The van der Waals surface area contributed by atoms with Gasteiger partial charge in [0, 0.05) is 14.6 Å². The highest BCUT2D eigenvalue weighted by Crippen LogP contribution is 2.13. The van der Waals surface area contributed by atoms with Crippen LogP contribution >= 0.6 is 22.7 Å². The Morgan fingerprint density at radius 2 is 1.75 bits per heavy atom. The maximum absolute atomic E-state index is 10.0. The maximum Gasteiger partial charge on any atom is 0.160 e.